The normalized spacial score (nSPS) is 10.5. The molecule has 12 heavy (non-hydrogen) atoms. The van der Waals surface area contributed by atoms with Gasteiger partial charge in [-0.1, -0.05) is 27.5 Å². The Kier molecular flexibility index (Phi) is 3.50. The molecule has 3 heteroatoms. The first-order valence-electron chi connectivity index (χ1n) is 3.30. The molecule has 0 fully saturated rings. The van der Waals surface area contributed by atoms with Crippen LogP contribution in [-0.4, -0.2) is 5.78 Å². The maximum atomic E-state index is 11.2. The fourth-order valence-electron chi connectivity index (χ4n) is 0.768. The maximum Gasteiger partial charge on any atom is 0.186 e. The second-order valence-corrected chi connectivity index (χ2v) is 3.33. The zero-order chi connectivity index (χ0) is 8.97. The van der Waals surface area contributed by atoms with E-state index in [9.17, 15) is 4.79 Å². The molecule has 62 valence electrons. The van der Waals surface area contributed by atoms with Crippen LogP contribution in [0.1, 0.15) is 10.4 Å². The molecule has 0 bridgehead atoms. The van der Waals surface area contributed by atoms with Crippen LogP contribution in [0.25, 0.3) is 0 Å². The van der Waals surface area contributed by atoms with Crippen molar-refractivity contribution in [3.8, 4) is 0 Å². The predicted octanol–water partition coefficient (Wildman–Crippen LogP) is 3.38. The number of benzene rings is 1. The summed E-state index contributed by atoms with van der Waals surface area (Å²) in [5.74, 6) is -0.0856. The van der Waals surface area contributed by atoms with E-state index in [2.05, 4.69) is 15.9 Å². The number of carbonyl (C=O) groups excluding carboxylic acids is 1. The smallest absolute Gasteiger partial charge is 0.186 e. The number of hydrogen-bond acceptors (Lipinski definition) is 1. The van der Waals surface area contributed by atoms with Gasteiger partial charge in [-0.3, -0.25) is 4.79 Å². The predicted molar refractivity (Wildman–Crippen MR) is 53.5 cm³/mol. The maximum absolute atomic E-state index is 11.2. The fraction of sp³-hybridized carbons (Fsp3) is 0. The number of hydrogen-bond donors (Lipinski definition) is 0. The van der Waals surface area contributed by atoms with E-state index in [1.165, 1.54) is 11.6 Å². The Morgan fingerprint density at radius 2 is 1.92 bits per heavy atom. The third kappa shape index (κ3) is 2.47. The summed E-state index contributed by atoms with van der Waals surface area (Å²) in [5, 5.41) is 0. The van der Waals surface area contributed by atoms with Crippen molar-refractivity contribution in [3.05, 3.63) is 45.9 Å². The van der Waals surface area contributed by atoms with Crippen molar-refractivity contribution in [3.63, 3.8) is 0 Å². The lowest BCUT2D eigenvalue weighted by atomic mass is 10.1. The van der Waals surface area contributed by atoms with E-state index in [-0.39, 0.29) is 5.78 Å². The summed E-state index contributed by atoms with van der Waals surface area (Å²) in [7, 11) is 0. The molecule has 0 aromatic heterocycles. The zero-order valence-corrected chi connectivity index (χ0v) is 8.47. The van der Waals surface area contributed by atoms with Crippen LogP contribution in [0.15, 0.2) is 40.3 Å². The van der Waals surface area contributed by atoms with Crippen molar-refractivity contribution in [2.45, 2.75) is 0 Å². The zero-order valence-electron chi connectivity index (χ0n) is 6.13. The average molecular weight is 246 g/mol. The Balaban J connectivity index is 2.90. The van der Waals surface area contributed by atoms with E-state index in [4.69, 9.17) is 11.6 Å². The minimum atomic E-state index is -0.0856. The van der Waals surface area contributed by atoms with Crippen molar-refractivity contribution in [1.82, 2.24) is 0 Å². The fourth-order valence-corrected chi connectivity index (χ4v) is 1.15. The van der Waals surface area contributed by atoms with Crippen LogP contribution in [0.2, 0.25) is 0 Å². The first-order chi connectivity index (χ1) is 5.74. The molecule has 1 nitrogen and oxygen atoms in total. The largest absolute Gasteiger partial charge is 0.289 e. The number of rotatable bonds is 2. The summed E-state index contributed by atoms with van der Waals surface area (Å²) in [6.07, 6.45) is 1.32. The second kappa shape index (κ2) is 4.43. The Hall–Kier alpha value is -0.600. The van der Waals surface area contributed by atoms with Crippen molar-refractivity contribution < 1.29 is 4.79 Å². The molecule has 0 aliphatic heterocycles. The summed E-state index contributed by atoms with van der Waals surface area (Å²) in [6, 6.07) is 7.11. The van der Waals surface area contributed by atoms with E-state index in [1.54, 1.807) is 12.1 Å². The van der Waals surface area contributed by atoms with Gasteiger partial charge in [0.15, 0.2) is 5.78 Å². The highest BCUT2D eigenvalue weighted by atomic mass is 79.9. The van der Waals surface area contributed by atoms with Gasteiger partial charge in [-0.15, -0.1) is 0 Å². The minimum Gasteiger partial charge on any atom is -0.289 e. The van der Waals surface area contributed by atoms with E-state index < -0.39 is 0 Å². The molecule has 0 spiro atoms. The van der Waals surface area contributed by atoms with Gasteiger partial charge in [0.25, 0.3) is 0 Å². The molecule has 0 N–H and O–H groups in total. The molecule has 0 heterocycles. The average Bonchev–Trinajstić information content (AvgIpc) is 2.06. The summed E-state index contributed by atoms with van der Waals surface area (Å²) < 4.78 is 0.953. The molecule has 0 unspecified atom stereocenters. The van der Waals surface area contributed by atoms with Gasteiger partial charge in [0, 0.05) is 15.6 Å². The molecule has 1 aromatic rings. The van der Waals surface area contributed by atoms with Gasteiger partial charge in [0.05, 0.1) is 0 Å². The second-order valence-electron chi connectivity index (χ2n) is 2.16. The van der Waals surface area contributed by atoms with Crippen molar-refractivity contribution in [2.75, 3.05) is 0 Å². The standard InChI is InChI=1S/C9H6BrClO/c10-8-3-1-7(2-4-8)9(12)5-6-11/h1-6H/b6-5+. The van der Waals surface area contributed by atoms with Crippen LogP contribution in [0.5, 0.6) is 0 Å². The van der Waals surface area contributed by atoms with Gasteiger partial charge < -0.3 is 0 Å². The number of allylic oxidation sites excluding steroid dienone is 1. The Bertz CT molecular complexity index is 303. The van der Waals surface area contributed by atoms with Crippen LogP contribution >= 0.6 is 27.5 Å². The molecule has 0 atom stereocenters. The summed E-state index contributed by atoms with van der Waals surface area (Å²) >= 11 is 8.55. The highest BCUT2D eigenvalue weighted by Gasteiger charge is 1.99. The quantitative estimate of drug-likeness (QED) is 0.577. The third-order valence-electron chi connectivity index (χ3n) is 1.34. The van der Waals surface area contributed by atoms with Crippen molar-refractivity contribution in [1.29, 1.82) is 0 Å². The van der Waals surface area contributed by atoms with E-state index >= 15 is 0 Å². The molecular weight excluding hydrogens is 239 g/mol. The number of carbonyl (C=O) groups is 1. The van der Waals surface area contributed by atoms with Crippen molar-refractivity contribution >= 4 is 33.3 Å². The minimum absolute atomic E-state index is 0.0856. The summed E-state index contributed by atoms with van der Waals surface area (Å²) in [5.41, 5.74) is 1.85. The lowest BCUT2D eigenvalue weighted by Gasteiger charge is -1.94. The van der Waals surface area contributed by atoms with Gasteiger partial charge in [-0.05, 0) is 30.3 Å². The molecule has 0 saturated heterocycles. The lowest BCUT2D eigenvalue weighted by Crippen LogP contribution is -1.92. The molecule has 1 rings (SSSR count). The van der Waals surface area contributed by atoms with Crippen LogP contribution in [0.3, 0.4) is 0 Å². The van der Waals surface area contributed by atoms with Crippen LogP contribution in [0.4, 0.5) is 0 Å². The van der Waals surface area contributed by atoms with Gasteiger partial charge in [0.2, 0.25) is 0 Å². The van der Waals surface area contributed by atoms with Crippen LogP contribution < -0.4 is 0 Å². The molecular formula is C9H6BrClO. The molecule has 0 radical (unpaired) electrons. The van der Waals surface area contributed by atoms with E-state index in [1.807, 2.05) is 12.1 Å². The lowest BCUT2D eigenvalue weighted by molar-refractivity contribution is 0.104. The van der Waals surface area contributed by atoms with Gasteiger partial charge in [-0.25, -0.2) is 0 Å². The van der Waals surface area contributed by atoms with E-state index in [0.29, 0.717) is 5.56 Å². The molecule has 0 saturated carbocycles. The van der Waals surface area contributed by atoms with Crippen LogP contribution in [-0.2, 0) is 0 Å². The van der Waals surface area contributed by atoms with Gasteiger partial charge in [0.1, 0.15) is 0 Å². The van der Waals surface area contributed by atoms with E-state index in [0.717, 1.165) is 4.47 Å². The van der Waals surface area contributed by atoms with Crippen molar-refractivity contribution in [2.24, 2.45) is 0 Å². The molecule has 0 amide bonds. The van der Waals surface area contributed by atoms with Gasteiger partial charge in [-0.2, -0.15) is 0 Å². The van der Waals surface area contributed by atoms with Crippen LogP contribution in [0, 0.1) is 0 Å². The highest BCUT2D eigenvalue weighted by Crippen LogP contribution is 2.11. The Morgan fingerprint density at radius 1 is 1.33 bits per heavy atom. The first kappa shape index (κ1) is 9.49. The molecule has 0 aliphatic carbocycles. The summed E-state index contributed by atoms with van der Waals surface area (Å²) in [6.45, 7) is 0. The van der Waals surface area contributed by atoms with Gasteiger partial charge >= 0.3 is 0 Å². The molecule has 1 aromatic carbocycles. The Labute approximate surface area is 84.2 Å². The first-order valence-corrected chi connectivity index (χ1v) is 4.53. The summed E-state index contributed by atoms with van der Waals surface area (Å²) in [4.78, 5) is 11.2. The topological polar surface area (TPSA) is 17.1 Å². The molecule has 0 aliphatic rings. The third-order valence-corrected chi connectivity index (χ3v) is 2.00. The highest BCUT2D eigenvalue weighted by molar-refractivity contribution is 9.10. The number of ketones is 1. The number of halogens is 2. The Morgan fingerprint density at radius 3 is 2.42 bits per heavy atom. The SMILES string of the molecule is O=C(/C=C/Cl)c1ccc(Br)cc1. The monoisotopic (exact) mass is 244 g/mol.